The molecule has 0 saturated carbocycles. The van der Waals surface area contributed by atoms with Crippen LogP contribution in [0.3, 0.4) is 0 Å². The fourth-order valence-corrected chi connectivity index (χ4v) is 2.87. The van der Waals surface area contributed by atoms with Gasteiger partial charge in [0.15, 0.2) is 0 Å². The smallest absolute Gasteiger partial charge is 0.0363 e. The molecule has 0 unspecified atom stereocenters. The second kappa shape index (κ2) is 6.85. The van der Waals surface area contributed by atoms with E-state index in [1.165, 1.54) is 25.8 Å². The fourth-order valence-electron chi connectivity index (χ4n) is 1.52. The minimum Gasteiger partial charge on any atom is -0.302 e. The second-order valence-corrected chi connectivity index (χ2v) is 5.62. The molecule has 1 rings (SSSR count). The van der Waals surface area contributed by atoms with Gasteiger partial charge in [-0.2, -0.15) is 12.6 Å². The molecule has 1 aliphatic rings. The number of rotatable bonds is 5. The van der Waals surface area contributed by atoms with Gasteiger partial charge in [-0.05, 0) is 25.1 Å². The molecule has 2 nitrogen and oxygen atoms in total. The number of hydrogen-bond donors (Lipinski definition) is 1. The molecular formula is C9H19NOS2. The van der Waals surface area contributed by atoms with Crippen LogP contribution in [-0.2, 0) is 10.8 Å². The Morgan fingerprint density at radius 2 is 1.85 bits per heavy atom. The van der Waals surface area contributed by atoms with E-state index in [0.29, 0.717) is 0 Å². The first-order chi connectivity index (χ1) is 6.33. The third-order valence-corrected chi connectivity index (χ3v) is 3.99. The zero-order chi connectivity index (χ0) is 9.52. The van der Waals surface area contributed by atoms with Crippen LogP contribution in [0, 0.1) is 0 Å². The normalized spacial score (nSPS) is 20.7. The van der Waals surface area contributed by atoms with Gasteiger partial charge in [-0.3, -0.25) is 4.21 Å². The van der Waals surface area contributed by atoms with Gasteiger partial charge < -0.3 is 4.90 Å². The third-order valence-electron chi connectivity index (χ3n) is 2.40. The molecule has 78 valence electrons. The van der Waals surface area contributed by atoms with E-state index in [1.807, 2.05) is 0 Å². The van der Waals surface area contributed by atoms with E-state index in [9.17, 15) is 4.21 Å². The van der Waals surface area contributed by atoms with Gasteiger partial charge >= 0.3 is 0 Å². The largest absolute Gasteiger partial charge is 0.302 e. The summed E-state index contributed by atoms with van der Waals surface area (Å²) >= 11 is 4.18. The van der Waals surface area contributed by atoms with Crippen molar-refractivity contribution in [3.63, 3.8) is 0 Å². The number of nitrogens with zero attached hydrogens (tertiary/aromatic N) is 1. The van der Waals surface area contributed by atoms with E-state index in [2.05, 4.69) is 17.5 Å². The van der Waals surface area contributed by atoms with Crippen LogP contribution in [0.4, 0.5) is 0 Å². The predicted molar refractivity (Wildman–Crippen MR) is 62.0 cm³/mol. The van der Waals surface area contributed by atoms with E-state index in [0.717, 1.165) is 30.3 Å². The fraction of sp³-hybridized carbons (Fsp3) is 1.00. The summed E-state index contributed by atoms with van der Waals surface area (Å²) in [6, 6.07) is 0. The van der Waals surface area contributed by atoms with Gasteiger partial charge in [0.05, 0.1) is 0 Å². The molecule has 0 radical (unpaired) electrons. The highest BCUT2D eigenvalue weighted by atomic mass is 32.2. The standard InChI is InChI=1S/C9H19NOS2/c11-13-8-5-10(6-9-13)4-2-1-3-7-12/h12H,1-9H2. The van der Waals surface area contributed by atoms with Crippen LogP contribution in [0.1, 0.15) is 19.3 Å². The van der Waals surface area contributed by atoms with E-state index >= 15 is 0 Å². The first-order valence-electron chi connectivity index (χ1n) is 5.01. The van der Waals surface area contributed by atoms with Crippen molar-refractivity contribution in [2.24, 2.45) is 0 Å². The van der Waals surface area contributed by atoms with Gasteiger partial charge in [0.2, 0.25) is 0 Å². The van der Waals surface area contributed by atoms with Gasteiger partial charge in [0, 0.05) is 35.4 Å². The van der Waals surface area contributed by atoms with Crippen LogP contribution in [0.15, 0.2) is 0 Å². The number of unbranched alkanes of at least 4 members (excludes halogenated alkanes) is 2. The lowest BCUT2D eigenvalue weighted by Crippen LogP contribution is -2.38. The van der Waals surface area contributed by atoms with Gasteiger partial charge in [-0.1, -0.05) is 6.42 Å². The first kappa shape index (κ1) is 11.5. The van der Waals surface area contributed by atoms with Crippen LogP contribution in [0.2, 0.25) is 0 Å². The van der Waals surface area contributed by atoms with Crippen molar-refractivity contribution in [3.05, 3.63) is 0 Å². The summed E-state index contributed by atoms with van der Waals surface area (Å²) in [5.74, 6) is 2.77. The number of thiol groups is 1. The van der Waals surface area contributed by atoms with Crippen molar-refractivity contribution in [3.8, 4) is 0 Å². The highest BCUT2D eigenvalue weighted by molar-refractivity contribution is 7.85. The Hall–Kier alpha value is 0.460. The van der Waals surface area contributed by atoms with Crippen molar-refractivity contribution in [1.82, 2.24) is 4.90 Å². The van der Waals surface area contributed by atoms with Crippen LogP contribution >= 0.6 is 12.6 Å². The van der Waals surface area contributed by atoms with Gasteiger partial charge in [0.25, 0.3) is 0 Å². The summed E-state index contributed by atoms with van der Waals surface area (Å²) < 4.78 is 11.1. The molecule has 0 N–H and O–H groups in total. The molecule has 4 heteroatoms. The molecule has 1 heterocycles. The highest BCUT2D eigenvalue weighted by Crippen LogP contribution is 2.04. The van der Waals surface area contributed by atoms with E-state index in [-0.39, 0.29) is 0 Å². The maximum atomic E-state index is 11.1. The Kier molecular flexibility index (Phi) is 6.07. The van der Waals surface area contributed by atoms with E-state index in [1.54, 1.807) is 0 Å². The maximum Gasteiger partial charge on any atom is 0.0363 e. The molecule has 0 bridgehead atoms. The molecule has 13 heavy (non-hydrogen) atoms. The summed E-state index contributed by atoms with van der Waals surface area (Å²) in [7, 11) is -0.524. The lowest BCUT2D eigenvalue weighted by atomic mass is 10.2. The van der Waals surface area contributed by atoms with Crippen molar-refractivity contribution >= 4 is 23.4 Å². The number of hydrogen-bond acceptors (Lipinski definition) is 3. The van der Waals surface area contributed by atoms with E-state index in [4.69, 9.17) is 0 Å². The van der Waals surface area contributed by atoms with Crippen molar-refractivity contribution < 1.29 is 4.21 Å². The molecule has 0 aromatic carbocycles. The highest BCUT2D eigenvalue weighted by Gasteiger charge is 2.13. The molecule has 1 aliphatic heterocycles. The first-order valence-corrected chi connectivity index (χ1v) is 7.13. The van der Waals surface area contributed by atoms with Gasteiger partial charge in [-0.25, -0.2) is 0 Å². The van der Waals surface area contributed by atoms with Crippen LogP contribution < -0.4 is 0 Å². The Bertz CT molecular complexity index is 154. The van der Waals surface area contributed by atoms with Crippen LogP contribution in [0.25, 0.3) is 0 Å². The summed E-state index contributed by atoms with van der Waals surface area (Å²) in [5, 5.41) is 0. The molecule has 1 saturated heterocycles. The zero-order valence-electron chi connectivity index (χ0n) is 8.07. The average Bonchev–Trinajstić information content (AvgIpc) is 2.15. The van der Waals surface area contributed by atoms with Crippen molar-refractivity contribution in [1.29, 1.82) is 0 Å². The topological polar surface area (TPSA) is 20.3 Å². The minimum absolute atomic E-state index is 0.524. The molecule has 0 spiro atoms. The summed E-state index contributed by atoms with van der Waals surface area (Å²) in [5.41, 5.74) is 0. The monoisotopic (exact) mass is 221 g/mol. The van der Waals surface area contributed by atoms with Crippen molar-refractivity contribution in [2.45, 2.75) is 19.3 Å². The van der Waals surface area contributed by atoms with Crippen LogP contribution in [0.5, 0.6) is 0 Å². The lowest BCUT2D eigenvalue weighted by Gasteiger charge is -2.25. The SMILES string of the molecule is O=S1CCN(CCCCCS)CC1. The van der Waals surface area contributed by atoms with Gasteiger partial charge in [-0.15, -0.1) is 0 Å². The minimum atomic E-state index is -0.524. The Morgan fingerprint density at radius 1 is 1.15 bits per heavy atom. The van der Waals surface area contributed by atoms with E-state index < -0.39 is 10.8 Å². The molecule has 1 fully saturated rings. The zero-order valence-corrected chi connectivity index (χ0v) is 9.79. The average molecular weight is 221 g/mol. The van der Waals surface area contributed by atoms with Crippen molar-refractivity contribution in [2.75, 3.05) is 36.9 Å². The summed E-state index contributed by atoms with van der Waals surface area (Å²) in [6.45, 7) is 3.26. The quantitative estimate of drug-likeness (QED) is 0.555. The summed E-state index contributed by atoms with van der Waals surface area (Å²) in [6.07, 6.45) is 3.78. The van der Waals surface area contributed by atoms with Gasteiger partial charge in [0.1, 0.15) is 0 Å². The third kappa shape index (κ3) is 5.03. The van der Waals surface area contributed by atoms with Crippen LogP contribution in [-0.4, -0.2) is 46.0 Å². The molecular weight excluding hydrogens is 202 g/mol. The lowest BCUT2D eigenvalue weighted by molar-refractivity contribution is 0.292. The second-order valence-electron chi connectivity index (χ2n) is 3.47. The Morgan fingerprint density at radius 3 is 2.46 bits per heavy atom. The predicted octanol–water partition coefficient (Wildman–Crippen LogP) is 1.15. The molecule has 0 aliphatic carbocycles. The molecule has 0 atom stereocenters. The summed E-state index contributed by atoms with van der Waals surface area (Å²) in [4.78, 5) is 2.43. The maximum absolute atomic E-state index is 11.1. The Balaban J connectivity index is 1.99. The Labute approximate surface area is 88.9 Å². The molecule has 0 amide bonds. The molecule has 0 aromatic rings. The molecule has 0 aromatic heterocycles.